The van der Waals surface area contributed by atoms with Crippen molar-refractivity contribution in [1.82, 2.24) is 9.88 Å². The monoisotopic (exact) mass is 276 g/mol. The van der Waals surface area contributed by atoms with E-state index in [1.54, 1.807) is 23.2 Å². The summed E-state index contributed by atoms with van der Waals surface area (Å²) in [6.45, 7) is 4.07. The molecule has 0 aromatic carbocycles. The fourth-order valence-corrected chi connectivity index (χ4v) is 1.78. The fraction of sp³-hybridized carbons (Fsp3) is 0.467. The summed E-state index contributed by atoms with van der Waals surface area (Å²) >= 11 is 0. The van der Waals surface area contributed by atoms with Crippen LogP contribution in [0.15, 0.2) is 18.3 Å². The molecule has 1 rings (SSSR count). The van der Waals surface area contributed by atoms with Crippen LogP contribution in [0.1, 0.15) is 36.3 Å². The number of pyridine rings is 1. The van der Waals surface area contributed by atoms with Crippen LogP contribution in [-0.2, 0) is 0 Å². The second-order valence-corrected chi connectivity index (χ2v) is 4.53. The minimum absolute atomic E-state index is 0.00899. The van der Waals surface area contributed by atoms with Crippen LogP contribution in [0, 0.1) is 11.8 Å². The summed E-state index contributed by atoms with van der Waals surface area (Å²) in [7, 11) is 0. The van der Waals surface area contributed by atoms with Gasteiger partial charge in [-0.25, -0.2) is 4.98 Å². The highest BCUT2D eigenvalue weighted by Crippen LogP contribution is 2.11. The molecule has 0 atom stereocenters. The van der Waals surface area contributed by atoms with Crippen LogP contribution < -0.4 is 0 Å². The normalized spacial score (nSPS) is 10.1. The summed E-state index contributed by atoms with van der Waals surface area (Å²) < 4.78 is 0. The van der Waals surface area contributed by atoms with E-state index in [0.29, 0.717) is 18.5 Å². The Balaban J connectivity index is 3.05. The van der Waals surface area contributed by atoms with Gasteiger partial charge in [0.25, 0.3) is 5.91 Å². The summed E-state index contributed by atoms with van der Waals surface area (Å²) in [6, 6.07) is 3.41. The van der Waals surface area contributed by atoms with Crippen LogP contribution in [0.4, 0.5) is 0 Å². The summed E-state index contributed by atoms with van der Waals surface area (Å²) in [5.41, 5.74) is 0.779. The van der Waals surface area contributed by atoms with Crippen LogP contribution >= 0.6 is 0 Å². The van der Waals surface area contributed by atoms with E-state index in [1.807, 2.05) is 13.8 Å². The number of aliphatic hydroxyl groups is 2. The molecule has 1 heterocycles. The lowest BCUT2D eigenvalue weighted by molar-refractivity contribution is 0.0687. The van der Waals surface area contributed by atoms with Gasteiger partial charge in [0.15, 0.2) is 0 Å². The third-order valence-electron chi connectivity index (χ3n) is 2.75. The minimum Gasteiger partial charge on any atom is -0.396 e. The number of hydrogen-bond donors (Lipinski definition) is 2. The first-order valence-electron chi connectivity index (χ1n) is 6.58. The molecule has 0 fully saturated rings. The Labute approximate surface area is 119 Å². The zero-order valence-electron chi connectivity index (χ0n) is 11.8. The van der Waals surface area contributed by atoms with Crippen molar-refractivity contribution in [1.29, 1.82) is 0 Å². The molecule has 1 amide bonds. The van der Waals surface area contributed by atoms with Gasteiger partial charge in [0.2, 0.25) is 0 Å². The van der Waals surface area contributed by atoms with Gasteiger partial charge in [-0.2, -0.15) is 0 Å². The molecule has 108 valence electrons. The van der Waals surface area contributed by atoms with E-state index < -0.39 is 0 Å². The lowest BCUT2D eigenvalue weighted by Crippen LogP contribution is -2.38. The number of nitrogens with zero attached hydrogens (tertiary/aromatic N) is 2. The second-order valence-electron chi connectivity index (χ2n) is 4.53. The molecule has 0 aliphatic carbocycles. The lowest BCUT2D eigenvalue weighted by Gasteiger charge is -2.26. The first-order valence-corrected chi connectivity index (χ1v) is 6.58. The van der Waals surface area contributed by atoms with Crippen LogP contribution in [0.5, 0.6) is 0 Å². The Kier molecular flexibility index (Phi) is 6.71. The number of aromatic nitrogens is 1. The van der Waals surface area contributed by atoms with Crippen molar-refractivity contribution in [3.63, 3.8) is 0 Å². The van der Waals surface area contributed by atoms with Gasteiger partial charge >= 0.3 is 0 Å². The largest absolute Gasteiger partial charge is 0.396 e. The Bertz CT molecular complexity index is 503. The van der Waals surface area contributed by atoms with Gasteiger partial charge in [-0.05, 0) is 32.4 Å². The number of hydrogen-bond acceptors (Lipinski definition) is 4. The molecule has 0 bridgehead atoms. The van der Waals surface area contributed by atoms with Gasteiger partial charge in [-0.15, -0.1) is 0 Å². The molecule has 0 saturated heterocycles. The van der Waals surface area contributed by atoms with Crippen molar-refractivity contribution in [3.8, 4) is 11.8 Å². The van der Waals surface area contributed by atoms with Crippen LogP contribution in [0.3, 0.4) is 0 Å². The molecule has 5 heteroatoms. The van der Waals surface area contributed by atoms with E-state index in [-0.39, 0.29) is 30.9 Å². The van der Waals surface area contributed by atoms with E-state index in [9.17, 15) is 4.79 Å². The summed E-state index contributed by atoms with van der Waals surface area (Å²) in [4.78, 5) is 18.3. The Morgan fingerprint density at radius 2 is 2.20 bits per heavy atom. The zero-order valence-corrected chi connectivity index (χ0v) is 11.8. The molecule has 0 aliphatic rings. The quantitative estimate of drug-likeness (QED) is 0.775. The van der Waals surface area contributed by atoms with Crippen LogP contribution in [0.25, 0.3) is 0 Å². The highest BCUT2D eigenvalue weighted by atomic mass is 16.3. The number of rotatable bonds is 5. The van der Waals surface area contributed by atoms with Crippen LogP contribution in [0.2, 0.25) is 0 Å². The average molecular weight is 276 g/mol. The predicted molar refractivity (Wildman–Crippen MR) is 76.1 cm³/mol. The third kappa shape index (κ3) is 4.34. The summed E-state index contributed by atoms with van der Waals surface area (Å²) in [5.74, 6) is 5.05. The first kappa shape index (κ1) is 16.2. The molecule has 0 spiro atoms. The van der Waals surface area contributed by atoms with Crippen molar-refractivity contribution in [2.75, 3.05) is 19.8 Å². The maximum atomic E-state index is 12.5. The molecule has 1 aromatic rings. The molecule has 0 aliphatic heterocycles. The molecular formula is C15H20N2O3. The van der Waals surface area contributed by atoms with Crippen molar-refractivity contribution >= 4 is 5.91 Å². The number of carbonyl (C=O) groups excluding carboxylic acids is 1. The van der Waals surface area contributed by atoms with Gasteiger partial charge < -0.3 is 15.1 Å². The highest BCUT2D eigenvalue weighted by molar-refractivity contribution is 5.95. The molecule has 0 radical (unpaired) electrons. The molecule has 2 N–H and O–H groups in total. The molecule has 5 nitrogen and oxygen atoms in total. The molecule has 1 aromatic heterocycles. The van der Waals surface area contributed by atoms with Gasteiger partial charge in [-0.1, -0.05) is 11.8 Å². The Morgan fingerprint density at radius 1 is 1.45 bits per heavy atom. The van der Waals surface area contributed by atoms with Crippen molar-refractivity contribution < 1.29 is 15.0 Å². The number of amides is 1. The molecule has 0 saturated carbocycles. The third-order valence-corrected chi connectivity index (χ3v) is 2.75. The molecule has 0 unspecified atom stereocenters. The van der Waals surface area contributed by atoms with E-state index in [4.69, 9.17) is 10.2 Å². The standard InChI is InChI=1S/C15H20N2O3/c1-12(2)17(9-5-11-19)15(20)14-13(7-4-10-18)6-3-8-16-14/h3,6,8,12,18-19H,5,9-11H2,1-2H3. The summed E-state index contributed by atoms with van der Waals surface area (Å²) in [5, 5.41) is 17.7. The van der Waals surface area contributed by atoms with Crippen molar-refractivity contribution in [2.24, 2.45) is 0 Å². The van der Waals surface area contributed by atoms with E-state index >= 15 is 0 Å². The van der Waals surface area contributed by atoms with Crippen molar-refractivity contribution in [3.05, 3.63) is 29.6 Å². The summed E-state index contributed by atoms with van der Waals surface area (Å²) in [6.07, 6.45) is 2.07. The molecular weight excluding hydrogens is 256 g/mol. The molecule has 20 heavy (non-hydrogen) atoms. The van der Waals surface area contributed by atoms with E-state index in [2.05, 4.69) is 16.8 Å². The van der Waals surface area contributed by atoms with Crippen molar-refractivity contribution in [2.45, 2.75) is 26.3 Å². The number of aliphatic hydroxyl groups excluding tert-OH is 2. The fourth-order valence-electron chi connectivity index (χ4n) is 1.78. The lowest BCUT2D eigenvalue weighted by atomic mass is 10.1. The Hall–Kier alpha value is -1.90. The maximum absolute atomic E-state index is 12.5. The van der Waals surface area contributed by atoms with Gasteiger partial charge in [-0.3, -0.25) is 4.79 Å². The number of carbonyl (C=O) groups is 1. The van der Waals surface area contributed by atoms with Gasteiger partial charge in [0, 0.05) is 25.4 Å². The second kappa shape index (κ2) is 8.31. The van der Waals surface area contributed by atoms with E-state index in [0.717, 1.165) is 0 Å². The minimum atomic E-state index is -0.263. The SMILES string of the molecule is CC(C)N(CCCO)C(=O)c1ncccc1C#CCO. The topological polar surface area (TPSA) is 73.7 Å². The maximum Gasteiger partial charge on any atom is 0.273 e. The zero-order chi connectivity index (χ0) is 15.0. The first-order chi connectivity index (χ1) is 9.61. The van der Waals surface area contributed by atoms with E-state index in [1.165, 1.54) is 0 Å². The Morgan fingerprint density at radius 3 is 2.80 bits per heavy atom. The van der Waals surface area contributed by atoms with Crippen LogP contribution in [-0.4, -0.2) is 51.8 Å². The smallest absolute Gasteiger partial charge is 0.273 e. The predicted octanol–water partition coefficient (Wildman–Crippen LogP) is 0.658. The highest BCUT2D eigenvalue weighted by Gasteiger charge is 2.21. The van der Waals surface area contributed by atoms with Gasteiger partial charge in [0.05, 0.1) is 5.56 Å². The van der Waals surface area contributed by atoms with Gasteiger partial charge in [0.1, 0.15) is 12.3 Å². The average Bonchev–Trinajstić information content (AvgIpc) is 2.45.